The van der Waals surface area contributed by atoms with Crippen LogP contribution in [0.1, 0.15) is 6.92 Å². The number of hydrogen-bond donors (Lipinski definition) is 1. The van der Waals surface area contributed by atoms with Gasteiger partial charge in [0.15, 0.2) is 0 Å². The van der Waals surface area contributed by atoms with Gasteiger partial charge in [-0.3, -0.25) is 0 Å². The van der Waals surface area contributed by atoms with Crippen LogP contribution in [0.4, 0.5) is 0 Å². The van der Waals surface area contributed by atoms with Crippen LogP contribution in [0.3, 0.4) is 0 Å². The van der Waals surface area contributed by atoms with Crippen molar-refractivity contribution in [3.63, 3.8) is 0 Å². The molecule has 0 spiro atoms. The van der Waals surface area contributed by atoms with E-state index >= 15 is 0 Å². The van der Waals surface area contributed by atoms with E-state index in [4.69, 9.17) is 5.11 Å². The predicted octanol–water partition coefficient (Wildman–Crippen LogP) is -2.92. The number of nitrogens with zero attached hydrogens (tertiary/aromatic N) is 1. The molecule has 3 heteroatoms. The average molecular weight is 222 g/mol. The van der Waals surface area contributed by atoms with Gasteiger partial charge in [-0.25, -0.2) is 0 Å². The molecule has 0 amide bonds. The first-order valence-electron chi connectivity index (χ1n) is 3.45. The lowest BCUT2D eigenvalue weighted by molar-refractivity contribution is -0.883. The van der Waals surface area contributed by atoms with E-state index in [0.29, 0.717) is 0 Å². The van der Waals surface area contributed by atoms with Crippen LogP contribution in [0.2, 0.25) is 0 Å². The van der Waals surface area contributed by atoms with Crippen LogP contribution < -0.4 is 17.0 Å². The van der Waals surface area contributed by atoms with Crippen LogP contribution in [-0.2, 0) is 0 Å². The Balaban J connectivity index is 0. The largest absolute Gasteiger partial charge is 1.00 e. The molecule has 0 fully saturated rings. The van der Waals surface area contributed by atoms with Crippen molar-refractivity contribution in [2.45, 2.75) is 6.92 Å². The molecule has 0 aliphatic carbocycles. The highest BCUT2D eigenvalue weighted by Gasteiger charge is 2.10. The molecule has 66 valence electrons. The van der Waals surface area contributed by atoms with Crippen molar-refractivity contribution in [2.24, 2.45) is 0 Å². The van der Waals surface area contributed by atoms with Gasteiger partial charge < -0.3 is 26.6 Å². The Kier molecular flexibility index (Phi) is 8.20. The van der Waals surface area contributed by atoms with E-state index in [1.54, 1.807) is 0 Å². The van der Waals surface area contributed by atoms with Gasteiger partial charge >= 0.3 is 0 Å². The van der Waals surface area contributed by atoms with Gasteiger partial charge in [0, 0.05) is 0 Å². The summed E-state index contributed by atoms with van der Waals surface area (Å²) < 4.78 is 0.775. The standard InChI is InChI=1S/C8H16NO.BrH/c1-4-5-6-9(2,3)7-8-10;/h10H,6-8H2,1-3H3;1H/q+1;/p-1. The number of rotatable bonds is 3. The van der Waals surface area contributed by atoms with Crippen LogP contribution in [0.15, 0.2) is 0 Å². The Morgan fingerprint density at radius 1 is 1.36 bits per heavy atom. The highest BCUT2D eigenvalue weighted by Crippen LogP contribution is 1.92. The van der Waals surface area contributed by atoms with Gasteiger partial charge in [-0.05, 0) is 12.8 Å². The highest BCUT2D eigenvalue weighted by atomic mass is 79.9. The molecule has 0 aromatic heterocycles. The van der Waals surface area contributed by atoms with Gasteiger partial charge in [0.1, 0.15) is 13.1 Å². The van der Waals surface area contributed by atoms with Crippen LogP contribution in [0.5, 0.6) is 0 Å². The second-order valence-corrected chi connectivity index (χ2v) is 2.97. The fourth-order valence-electron chi connectivity index (χ4n) is 0.643. The lowest BCUT2D eigenvalue weighted by atomic mass is 10.4. The van der Waals surface area contributed by atoms with Gasteiger partial charge in [-0.1, -0.05) is 0 Å². The van der Waals surface area contributed by atoms with E-state index in [9.17, 15) is 0 Å². The summed E-state index contributed by atoms with van der Waals surface area (Å²) in [6.45, 7) is 3.66. The van der Waals surface area contributed by atoms with Crippen LogP contribution >= 0.6 is 0 Å². The zero-order valence-electron chi connectivity index (χ0n) is 7.39. The lowest BCUT2D eigenvalue weighted by Crippen LogP contribution is -3.00. The smallest absolute Gasteiger partial charge is 0.140 e. The van der Waals surface area contributed by atoms with E-state index < -0.39 is 0 Å². The SMILES string of the molecule is CC#CC[N+](C)(C)CCO.[Br-]. The summed E-state index contributed by atoms with van der Waals surface area (Å²) in [7, 11) is 4.11. The first kappa shape index (κ1) is 13.5. The molecule has 2 nitrogen and oxygen atoms in total. The predicted molar refractivity (Wildman–Crippen MR) is 42.4 cm³/mol. The molecule has 11 heavy (non-hydrogen) atoms. The maximum absolute atomic E-state index is 8.64. The van der Waals surface area contributed by atoms with Gasteiger partial charge in [0.05, 0.1) is 20.7 Å². The molecule has 0 unspecified atom stereocenters. The maximum atomic E-state index is 8.64. The molecule has 0 radical (unpaired) electrons. The van der Waals surface area contributed by atoms with Gasteiger partial charge in [-0.15, -0.1) is 5.92 Å². The number of aliphatic hydroxyl groups is 1. The topological polar surface area (TPSA) is 20.2 Å². The molecule has 0 atom stereocenters. The second kappa shape index (κ2) is 6.66. The number of aliphatic hydroxyl groups excluding tert-OH is 1. The molecule has 0 heterocycles. The molecule has 0 aliphatic heterocycles. The number of likely N-dealkylation sites (N-methyl/N-ethyl adjacent to an activating group) is 1. The van der Waals surface area contributed by atoms with Crippen molar-refractivity contribution in [3.8, 4) is 11.8 Å². The quantitative estimate of drug-likeness (QED) is 0.401. The summed E-state index contributed by atoms with van der Waals surface area (Å²) >= 11 is 0. The third-order valence-electron chi connectivity index (χ3n) is 1.39. The Morgan fingerprint density at radius 3 is 2.27 bits per heavy atom. The minimum atomic E-state index is 0. The summed E-state index contributed by atoms with van der Waals surface area (Å²) in [5.74, 6) is 5.82. The molecule has 0 bridgehead atoms. The number of quaternary nitrogens is 1. The monoisotopic (exact) mass is 221 g/mol. The molecule has 0 saturated carbocycles. The minimum Gasteiger partial charge on any atom is -1.00 e. The molecular weight excluding hydrogens is 206 g/mol. The van der Waals surface area contributed by atoms with Gasteiger partial charge in [0.2, 0.25) is 0 Å². The molecule has 0 aliphatic rings. The summed E-state index contributed by atoms with van der Waals surface area (Å²) in [6.07, 6.45) is 0. The van der Waals surface area contributed by atoms with E-state index in [0.717, 1.165) is 17.6 Å². The molecule has 0 rings (SSSR count). The fourth-order valence-corrected chi connectivity index (χ4v) is 0.643. The van der Waals surface area contributed by atoms with Crippen molar-refractivity contribution in [2.75, 3.05) is 33.8 Å². The third kappa shape index (κ3) is 7.86. The maximum Gasteiger partial charge on any atom is 0.140 e. The molecule has 0 aromatic carbocycles. The summed E-state index contributed by atoms with van der Waals surface area (Å²) in [4.78, 5) is 0. The average Bonchev–Trinajstić information content (AvgIpc) is 1.84. The van der Waals surface area contributed by atoms with Crippen molar-refractivity contribution in [3.05, 3.63) is 0 Å². The van der Waals surface area contributed by atoms with Crippen molar-refractivity contribution in [1.29, 1.82) is 0 Å². The Labute approximate surface area is 79.6 Å². The lowest BCUT2D eigenvalue weighted by Gasteiger charge is -2.25. The first-order chi connectivity index (χ1) is 4.62. The number of hydrogen-bond acceptors (Lipinski definition) is 1. The van der Waals surface area contributed by atoms with Crippen molar-refractivity contribution in [1.82, 2.24) is 0 Å². The van der Waals surface area contributed by atoms with E-state index in [2.05, 4.69) is 25.9 Å². The summed E-state index contributed by atoms with van der Waals surface area (Å²) in [5, 5.41) is 8.64. The minimum absolute atomic E-state index is 0. The van der Waals surface area contributed by atoms with E-state index in [1.165, 1.54) is 0 Å². The van der Waals surface area contributed by atoms with Gasteiger partial charge in [-0.2, -0.15) is 0 Å². The summed E-state index contributed by atoms with van der Waals surface area (Å²) in [5.41, 5.74) is 0. The zero-order chi connectivity index (χ0) is 8.04. The van der Waals surface area contributed by atoms with Crippen molar-refractivity contribution >= 4 is 0 Å². The van der Waals surface area contributed by atoms with Crippen LogP contribution in [0.25, 0.3) is 0 Å². The molecular formula is C8H16BrNO. The molecule has 0 saturated heterocycles. The Hall–Kier alpha value is -0.0400. The highest BCUT2D eigenvalue weighted by molar-refractivity contribution is 4.94. The number of halogens is 1. The van der Waals surface area contributed by atoms with E-state index in [-0.39, 0.29) is 23.6 Å². The van der Waals surface area contributed by atoms with Crippen LogP contribution in [-0.4, -0.2) is 43.4 Å². The normalized spacial score (nSPS) is 9.45. The Morgan fingerprint density at radius 2 is 1.91 bits per heavy atom. The van der Waals surface area contributed by atoms with E-state index in [1.807, 2.05) is 6.92 Å². The van der Waals surface area contributed by atoms with Gasteiger partial charge in [0.25, 0.3) is 0 Å². The third-order valence-corrected chi connectivity index (χ3v) is 1.39. The Bertz CT molecular complexity index is 146. The van der Waals surface area contributed by atoms with Crippen molar-refractivity contribution < 1.29 is 26.6 Å². The summed E-state index contributed by atoms with van der Waals surface area (Å²) in [6, 6.07) is 0. The fraction of sp³-hybridized carbons (Fsp3) is 0.750. The first-order valence-corrected chi connectivity index (χ1v) is 3.45. The molecule has 1 N–H and O–H groups in total. The zero-order valence-corrected chi connectivity index (χ0v) is 8.98. The second-order valence-electron chi connectivity index (χ2n) is 2.97. The van der Waals surface area contributed by atoms with Crippen LogP contribution in [0, 0.1) is 11.8 Å². The molecule has 0 aromatic rings.